The first kappa shape index (κ1) is 14.5. The van der Waals surface area contributed by atoms with Gasteiger partial charge in [-0.15, -0.1) is 0 Å². The number of hydrogen-bond acceptors (Lipinski definition) is 0. The van der Waals surface area contributed by atoms with Gasteiger partial charge in [0.25, 0.3) is 0 Å². The molecule has 0 aliphatic rings. The zero-order valence-electron chi connectivity index (χ0n) is 8.55. The zero-order valence-corrected chi connectivity index (χ0v) is 12.4. The summed E-state index contributed by atoms with van der Waals surface area (Å²) in [5, 5.41) is 0.481. The fourth-order valence-electron chi connectivity index (χ4n) is 1.60. The standard InChI is InChI=1S/C10H6BClF3.K/c12-9-6-5-7-3-1-2-4-8(7)10(9)11(13,14)15;/h1-6H;/q-1;+1. The maximum Gasteiger partial charge on any atom is 1.00 e. The van der Waals surface area contributed by atoms with Gasteiger partial charge in [0.05, 0.1) is 0 Å². The van der Waals surface area contributed by atoms with E-state index in [4.69, 9.17) is 11.6 Å². The summed E-state index contributed by atoms with van der Waals surface area (Å²) in [6.45, 7) is -5.07. The maximum absolute atomic E-state index is 12.8. The van der Waals surface area contributed by atoms with Crippen LogP contribution in [0.4, 0.5) is 12.9 Å². The molecular formula is C10H6BClF3K. The molecule has 0 saturated carbocycles. The van der Waals surface area contributed by atoms with Crippen molar-refractivity contribution >= 4 is 34.8 Å². The first-order chi connectivity index (χ1) is 7.00. The van der Waals surface area contributed by atoms with Gasteiger partial charge in [-0.05, 0) is 16.8 Å². The fraction of sp³-hybridized carbons (Fsp3) is 0. The van der Waals surface area contributed by atoms with Crippen molar-refractivity contribution in [2.24, 2.45) is 0 Å². The molecule has 0 spiro atoms. The van der Waals surface area contributed by atoms with E-state index in [9.17, 15) is 12.9 Å². The van der Waals surface area contributed by atoms with Gasteiger partial charge in [-0.1, -0.05) is 47.4 Å². The Morgan fingerprint density at radius 3 is 2.19 bits per heavy atom. The summed E-state index contributed by atoms with van der Waals surface area (Å²) in [6.07, 6.45) is 0. The molecule has 6 heteroatoms. The van der Waals surface area contributed by atoms with E-state index in [0.717, 1.165) is 0 Å². The van der Waals surface area contributed by atoms with E-state index >= 15 is 0 Å². The van der Waals surface area contributed by atoms with Crippen molar-refractivity contribution in [3.05, 3.63) is 41.4 Å². The molecule has 0 bridgehead atoms. The van der Waals surface area contributed by atoms with Crippen molar-refractivity contribution in [2.75, 3.05) is 0 Å². The maximum atomic E-state index is 12.8. The average molecular weight is 269 g/mol. The van der Waals surface area contributed by atoms with Gasteiger partial charge in [-0.2, -0.15) is 0 Å². The van der Waals surface area contributed by atoms with E-state index in [2.05, 4.69) is 0 Å². The van der Waals surface area contributed by atoms with Gasteiger partial charge in [-0.25, -0.2) is 0 Å². The van der Waals surface area contributed by atoms with Crippen molar-refractivity contribution in [1.82, 2.24) is 0 Å². The number of fused-ring (bicyclic) bond motifs is 1. The summed E-state index contributed by atoms with van der Waals surface area (Å²) >= 11 is 5.58. The predicted molar refractivity (Wildman–Crippen MR) is 57.7 cm³/mol. The minimum atomic E-state index is -5.07. The van der Waals surface area contributed by atoms with Gasteiger partial charge >= 0.3 is 58.4 Å². The van der Waals surface area contributed by atoms with Crippen LogP contribution in [0.5, 0.6) is 0 Å². The summed E-state index contributed by atoms with van der Waals surface area (Å²) in [5.74, 6) is 0. The normalized spacial score (nSPS) is 11.2. The third-order valence-electron chi connectivity index (χ3n) is 2.24. The molecule has 0 saturated heterocycles. The van der Waals surface area contributed by atoms with Crippen LogP contribution in [0.15, 0.2) is 36.4 Å². The molecule has 0 atom stereocenters. The van der Waals surface area contributed by atoms with E-state index in [-0.39, 0.29) is 61.8 Å². The summed E-state index contributed by atoms with van der Waals surface area (Å²) in [5.41, 5.74) is -0.699. The molecule has 0 unspecified atom stereocenters. The summed E-state index contributed by atoms with van der Waals surface area (Å²) < 4.78 is 38.3. The smallest absolute Gasteiger partial charge is 0.445 e. The van der Waals surface area contributed by atoms with Crippen LogP contribution >= 0.6 is 11.6 Å². The van der Waals surface area contributed by atoms with Crippen molar-refractivity contribution in [1.29, 1.82) is 0 Å². The Labute approximate surface area is 139 Å². The van der Waals surface area contributed by atoms with Gasteiger partial charge in [0.15, 0.2) is 0 Å². The Bertz CT molecular complexity index is 513. The average Bonchev–Trinajstić information content (AvgIpc) is 2.15. The second kappa shape index (κ2) is 5.42. The molecule has 16 heavy (non-hydrogen) atoms. The summed E-state index contributed by atoms with van der Waals surface area (Å²) in [4.78, 5) is 0. The van der Waals surface area contributed by atoms with Crippen LogP contribution in [0.2, 0.25) is 5.02 Å². The van der Waals surface area contributed by atoms with Crippen molar-refractivity contribution in [3.8, 4) is 0 Å². The Balaban J connectivity index is 0.00000128. The van der Waals surface area contributed by atoms with Crippen molar-refractivity contribution in [2.45, 2.75) is 0 Å². The molecule has 0 aromatic heterocycles. The van der Waals surface area contributed by atoms with Gasteiger partial charge in [0.2, 0.25) is 0 Å². The molecule has 0 amide bonds. The van der Waals surface area contributed by atoms with Gasteiger partial charge in [0, 0.05) is 5.02 Å². The molecule has 2 aromatic carbocycles. The van der Waals surface area contributed by atoms with Crippen LogP contribution in [-0.4, -0.2) is 6.98 Å². The molecule has 0 aliphatic carbocycles. The third kappa shape index (κ3) is 2.83. The first-order valence-corrected chi connectivity index (χ1v) is 4.75. The monoisotopic (exact) mass is 268 g/mol. The largest absolute Gasteiger partial charge is 1.00 e. The number of benzene rings is 2. The SMILES string of the molecule is F[B-](F)(F)c1c(Cl)ccc2ccccc12.[K+]. The molecule has 2 rings (SSSR count). The molecule has 0 N–H and O–H groups in total. The fourth-order valence-corrected chi connectivity index (χ4v) is 1.89. The molecular weight excluding hydrogens is 262 g/mol. The Kier molecular flexibility index (Phi) is 4.92. The minimum Gasteiger partial charge on any atom is -0.445 e. The Hall–Kier alpha value is 0.481. The molecule has 78 valence electrons. The van der Waals surface area contributed by atoms with Crippen molar-refractivity contribution in [3.63, 3.8) is 0 Å². The van der Waals surface area contributed by atoms with E-state index < -0.39 is 12.4 Å². The van der Waals surface area contributed by atoms with E-state index in [1.807, 2.05) is 0 Å². The quantitative estimate of drug-likeness (QED) is 0.663. The second-order valence-electron chi connectivity index (χ2n) is 3.26. The van der Waals surface area contributed by atoms with Crippen LogP contribution in [0, 0.1) is 0 Å². The van der Waals surface area contributed by atoms with E-state index in [1.54, 1.807) is 24.3 Å². The molecule has 2 aromatic rings. The number of halogens is 4. The van der Waals surface area contributed by atoms with E-state index in [1.165, 1.54) is 12.1 Å². The summed E-state index contributed by atoms with van der Waals surface area (Å²) in [7, 11) is 0. The molecule has 0 aliphatic heterocycles. The second-order valence-corrected chi connectivity index (χ2v) is 3.66. The molecule has 0 nitrogen and oxygen atoms in total. The Morgan fingerprint density at radius 2 is 1.56 bits per heavy atom. The van der Waals surface area contributed by atoms with Gasteiger partial charge in [0.1, 0.15) is 0 Å². The van der Waals surface area contributed by atoms with Crippen LogP contribution in [0.25, 0.3) is 10.8 Å². The molecule has 0 heterocycles. The van der Waals surface area contributed by atoms with Crippen LogP contribution in [-0.2, 0) is 0 Å². The molecule has 0 fully saturated rings. The van der Waals surface area contributed by atoms with E-state index in [0.29, 0.717) is 5.39 Å². The Morgan fingerprint density at radius 1 is 0.938 bits per heavy atom. The first-order valence-electron chi connectivity index (χ1n) is 4.37. The minimum absolute atomic E-state index is 0. The van der Waals surface area contributed by atoms with Gasteiger partial charge < -0.3 is 12.9 Å². The van der Waals surface area contributed by atoms with Crippen LogP contribution in [0.1, 0.15) is 0 Å². The van der Waals surface area contributed by atoms with Crippen LogP contribution < -0.4 is 56.8 Å². The zero-order chi connectivity index (χ0) is 11.1. The summed E-state index contributed by atoms with van der Waals surface area (Å²) in [6, 6.07) is 9.22. The third-order valence-corrected chi connectivity index (χ3v) is 2.57. The van der Waals surface area contributed by atoms with Gasteiger partial charge in [-0.3, -0.25) is 0 Å². The molecule has 0 radical (unpaired) electrons. The van der Waals surface area contributed by atoms with Crippen molar-refractivity contribution < 1.29 is 64.3 Å². The predicted octanol–water partition coefficient (Wildman–Crippen LogP) is 0.552. The number of hydrogen-bond donors (Lipinski definition) is 0. The topological polar surface area (TPSA) is 0 Å². The number of rotatable bonds is 1. The van der Waals surface area contributed by atoms with Crippen LogP contribution in [0.3, 0.4) is 0 Å².